The molecule has 3 N–H and O–H groups in total. The zero-order chi connectivity index (χ0) is 18.5. The average Bonchev–Trinajstić information content (AvgIpc) is 3.08. The second-order valence-electron chi connectivity index (χ2n) is 6.31. The van der Waals surface area contributed by atoms with Crippen LogP contribution in [0.1, 0.15) is 30.9 Å². The first kappa shape index (κ1) is 17.9. The molecule has 1 fully saturated rings. The lowest BCUT2D eigenvalue weighted by atomic mass is 10.0. The number of methoxy groups -OCH3 is 1. The van der Waals surface area contributed by atoms with Crippen molar-refractivity contribution >= 4 is 23.2 Å². The van der Waals surface area contributed by atoms with Crippen molar-refractivity contribution in [2.24, 2.45) is 5.73 Å². The third-order valence-electron chi connectivity index (χ3n) is 4.46. The van der Waals surface area contributed by atoms with Crippen LogP contribution in [-0.4, -0.2) is 25.5 Å². The number of nitrogens with one attached hydrogen (secondary N) is 1. The monoisotopic (exact) mass is 353 g/mol. The van der Waals surface area contributed by atoms with Gasteiger partial charge in [0.25, 0.3) is 0 Å². The number of ether oxygens (including phenoxy) is 1. The number of nitrogens with two attached hydrogens (primary N) is 1. The summed E-state index contributed by atoms with van der Waals surface area (Å²) in [5.41, 5.74) is 8.36. The van der Waals surface area contributed by atoms with Gasteiger partial charge >= 0.3 is 0 Å². The highest BCUT2D eigenvalue weighted by molar-refractivity contribution is 5.98. The topological polar surface area (TPSA) is 84.7 Å². The first-order valence-corrected chi connectivity index (χ1v) is 8.67. The Labute approximate surface area is 152 Å². The van der Waals surface area contributed by atoms with E-state index in [1.807, 2.05) is 30.3 Å². The Balaban J connectivity index is 1.68. The lowest BCUT2D eigenvalue weighted by molar-refractivity contribution is -0.117. The SMILES string of the molecule is COc1cc(NC(=O)CC(N)c2ccccc2)ccc1N1CCCC1=O. The molecule has 1 aliphatic rings. The molecule has 0 aromatic heterocycles. The molecule has 1 saturated heterocycles. The fourth-order valence-electron chi connectivity index (χ4n) is 3.11. The number of carbonyl (C=O) groups is 2. The highest BCUT2D eigenvalue weighted by Crippen LogP contribution is 2.34. The Hall–Kier alpha value is -2.86. The molecule has 0 aliphatic carbocycles. The molecule has 6 nitrogen and oxygen atoms in total. The van der Waals surface area contributed by atoms with Crippen LogP contribution in [0.25, 0.3) is 0 Å². The summed E-state index contributed by atoms with van der Waals surface area (Å²) in [5.74, 6) is 0.479. The number of amides is 2. The standard InChI is InChI=1S/C20H23N3O3/c1-26-18-12-15(9-10-17(18)23-11-5-8-20(23)25)22-19(24)13-16(21)14-6-3-2-4-7-14/h2-4,6-7,9-10,12,16H,5,8,11,13,21H2,1H3,(H,22,24). The van der Waals surface area contributed by atoms with E-state index in [0.29, 0.717) is 24.4 Å². The van der Waals surface area contributed by atoms with Gasteiger partial charge in [-0.25, -0.2) is 0 Å². The molecule has 0 bridgehead atoms. The molecular weight excluding hydrogens is 330 g/mol. The molecule has 6 heteroatoms. The molecule has 2 aromatic rings. The third kappa shape index (κ3) is 4.03. The van der Waals surface area contributed by atoms with E-state index in [1.54, 1.807) is 30.2 Å². The molecule has 0 spiro atoms. The predicted octanol–water partition coefficient (Wildman–Crippen LogP) is 2.85. The number of nitrogens with zero attached hydrogens (tertiary/aromatic N) is 1. The van der Waals surface area contributed by atoms with E-state index in [4.69, 9.17) is 10.5 Å². The quantitative estimate of drug-likeness (QED) is 0.836. The molecule has 0 saturated carbocycles. The van der Waals surface area contributed by atoms with Gasteiger partial charge in [0.2, 0.25) is 11.8 Å². The number of hydrogen-bond donors (Lipinski definition) is 2. The number of carbonyl (C=O) groups excluding carboxylic acids is 2. The van der Waals surface area contributed by atoms with Crippen molar-refractivity contribution in [3.63, 3.8) is 0 Å². The van der Waals surface area contributed by atoms with Gasteiger partial charge in [0.15, 0.2) is 0 Å². The van der Waals surface area contributed by atoms with Crippen molar-refractivity contribution < 1.29 is 14.3 Å². The third-order valence-corrected chi connectivity index (χ3v) is 4.46. The van der Waals surface area contributed by atoms with Crippen LogP contribution in [0.3, 0.4) is 0 Å². The maximum atomic E-state index is 12.3. The minimum Gasteiger partial charge on any atom is -0.494 e. The van der Waals surface area contributed by atoms with Crippen LogP contribution in [0.5, 0.6) is 5.75 Å². The zero-order valence-corrected chi connectivity index (χ0v) is 14.8. The normalized spacial score (nSPS) is 15.0. The van der Waals surface area contributed by atoms with E-state index in [0.717, 1.165) is 17.7 Å². The summed E-state index contributed by atoms with van der Waals surface area (Å²) in [5, 5.41) is 2.84. The van der Waals surface area contributed by atoms with Gasteiger partial charge < -0.3 is 20.7 Å². The van der Waals surface area contributed by atoms with E-state index < -0.39 is 0 Å². The maximum absolute atomic E-state index is 12.3. The Bertz CT molecular complexity index is 792. The molecule has 136 valence electrons. The van der Waals surface area contributed by atoms with Crippen LogP contribution in [-0.2, 0) is 9.59 Å². The molecule has 1 atom stereocenters. The molecule has 1 unspecified atom stereocenters. The predicted molar refractivity (Wildman–Crippen MR) is 101 cm³/mol. The van der Waals surface area contributed by atoms with Crippen molar-refractivity contribution in [2.75, 3.05) is 23.9 Å². The number of hydrogen-bond acceptors (Lipinski definition) is 4. The van der Waals surface area contributed by atoms with E-state index in [9.17, 15) is 9.59 Å². The summed E-state index contributed by atoms with van der Waals surface area (Å²) >= 11 is 0. The van der Waals surface area contributed by atoms with E-state index >= 15 is 0 Å². The Morgan fingerprint density at radius 2 is 2.04 bits per heavy atom. The van der Waals surface area contributed by atoms with Crippen LogP contribution in [0.15, 0.2) is 48.5 Å². The van der Waals surface area contributed by atoms with Crippen molar-refractivity contribution in [3.8, 4) is 5.75 Å². The zero-order valence-electron chi connectivity index (χ0n) is 14.8. The molecule has 2 aromatic carbocycles. The molecular formula is C20H23N3O3. The fraction of sp³-hybridized carbons (Fsp3) is 0.300. The highest BCUT2D eigenvalue weighted by atomic mass is 16.5. The second kappa shape index (κ2) is 8.01. The second-order valence-corrected chi connectivity index (χ2v) is 6.31. The summed E-state index contributed by atoms with van der Waals surface area (Å²) in [7, 11) is 1.55. The number of rotatable bonds is 6. The largest absolute Gasteiger partial charge is 0.494 e. The lowest BCUT2D eigenvalue weighted by Gasteiger charge is -2.20. The summed E-state index contributed by atoms with van der Waals surface area (Å²) in [6, 6.07) is 14.5. The number of anilines is 2. The van der Waals surface area contributed by atoms with Gasteiger partial charge in [0.1, 0.15) is 5.75 Å². The molecule has 1 aliphatic heterocycles. The number of benzene rings is 2. The smallest absolute Gasteiger partial charge is 0.227 e. The Kier molecular flexibility index (Phi) is 5.53. The molecule has 26 heavy (non-hydrogen) atoms. The van der Waals surface area contributed by atoms with E-state index in [1.165, 1.54) is 0 Å². The van der Waals surface area contributed by atoms with Crippen molar-refractivity contribution in [1.29, 1.82) is 0 Å². The van der Waals surface area contributed by atoms with Crippen LogP contribution in [0, 0.1) is 0 Å². The van der Waals surface area contributed by atoms with Gasteiger partial charge in [-0.3, -0.25) is 9.59 Å². The van der Waals surface area contributed by atoms with Crippen LogP contribution < -0.4 is 20.7 Å². The highest BCUT2D eigenvalue weighted by Gasteiger charge is 2.24. The minimum atomic E-state index is -0.361. The van der Waals surface area contributed by atoms with Crippen molar-refractivity contribution in [2.45, 2.75) is 25.3 Å². The Morgan fingerprint density at radius 1 is 1.27 bits per heavy atom. The minimum absolute atomic E-state index is 0.0916. The van der Waals surface area contributed by atoms with Crippen LogP contribution in [0.2, 0.25) is 0 Å². The molecule has 3 rings (SSSR count). The first-order chi connectivity index (χ1) is 12.6. The Morgan fingerprint density at radius 3 is 2.69 bits per heavy atom. The lowest BCUT2D eigenvalue weighted by Crippen LogP contribution is -2.24. The fourth-order valence-corrected chi connectivity index (χ4v) is 3.11. The van der Waals surface area contributed by atoms with Crippen LogP contribution in [0.4, 0.5) is 11.4 Å². The molecule has 2 amide bonds. The first-order valence-electron chi connectivity index (χ1n) is 8.67. The summed E-state index contributed by atoms with van der Waals surface area (Å²) < 4.78 is 5.41. The van der Waals surface area contributed by atoms with E-state index in [2.05, 4.69) is 5.32 Å². The molecule has 0 radical (unpaired) electrons. The van der Waals surface area contributed by atoms with Gasteiger partial charge in [0.05, 0.1) is 12.8 Å². The van der Waals surface area contributed by atoms with Gasteiger partial charge in [0, 0.05) is 37.2 Å². The summed E-state index contributed by atoms with van der Waals surface area (Å²) in [4.78, 5) is 26.0. The van der Waals surface area contributed by atoms with Gasteiger partial charge in [-0.15, -0.1) is 0 Å². The van der Waals surface area contributed by atoms with Crippen molar-refractivity contribution in [1.82, 2.24) is 0 Å². The van der Waals surface area contributed by atoms with Gasteiger partial charge in [-0.1, -0.05) is 30.3 Å². The van der Waals surface area contributed by atoms with Gasteiger partial charge in [-0.05, 0) is 24.1 Å². The molecule has 1 heterocycles. The maximum Gasteiger partial charge on any atom is 0.227 e. The van der Waals surface area contributed by atoms with Crippen molar-refractivity contribution in [3.05, 3.63) is 54.1 Å². The average molecular weight is 353 g/mol. The van der Waals surface area contributed by atoms with Crippen LogP contribution >= 0.6 is 0 Å². The summed E-state index contributed by atoms with van der Waals surface area (Å²) in [6.45, 7) is 0.687. The van der Waals surface area contributed by atoms with Gasteiger partial charge in [-0.2, -0.15) is 0 Å². The summed E-state index contributed by atoms with van der Waals surface area (Å²) in [6.07, 6.45) is 1.58. The van der Waals surface area contributed by atoms with E-state index in [-0.39, 0.29) is 24.3 Å².